The Labute approximate surface area is 110 Å². The fourth-order valence-electron chi connectivity index (χ4n) is 1.55. The molecule has 2 aromatic rings. The molecular weight excluding hydrogens is 254 g/mol. The Morgan fingerprint density at radius 3 is 3.00 bits per heavy atom. The fraction of sp³-hybridized carbons (Fsp3) is 0.333. The van der Waals surface area contributed by atoms with Gasteiger partial charge in [-0.25, -0.2) is 0 Å². The molecule has 0 aliphatic rings. The van der Waals surface area contributed by atoms with Crippen molar-refractivity contribution in [2.24, 2.45) is 0 Å². The van der Waals surface area contributed by atoms with Crippen LogP contribution in [0.5, 0.6) is 5.75 Å². The molecule has 6 heteroatoms. The summed E-state index contributed by atoms with van der Waals surface area (Å²) in [6.07, 6.45) is 2.11. The van der Waals surface area contributed by atoms with Gasteiger partial charge in [-0.15, -0.1) is 0 Å². The summed E-state index contributed by atoms with van der Waals surface area (Å²) < 4.78 is 9.99. The zero-order valence-electron chi connectivity index (χ0n) is 10.0. The van der Waals surface area contributed by atoms with Gasteiger partial charge in [0.1, 0.15) is 5.75 Å². The van der Waals surface area contributed by atoms with Gasteiger partial charge < -0.3 is 14.6 Å². The predicted octanol–water partition coefficient (Wildman–Crippen LogP) is 2.06. The average Bonchev–Trinajstić information content (AvgIpc) is 2.88. The molecule has 96 valence electrons. The number of rotatable bonds is 6. The van der Waals surface area contributed by atoms with Crippen molar-refractivity contribution in [1.29, 1.82) is 0 Å². The van der Waals surface area contributed by atoms with Crippen LogP contribution in [0.3, 0.4) is 0 Å². The van der Waals surface area contributed by atoms with Crippen molar-refractivity contribution in [2.45, 2.75) is 13.0 Å². The lowest BCUT2D eigenvalue weighted by molar-refractivity contribution is 0.375. The van der Waals surface area contributed by atoms with Crippen molar-refractivity contribution in [3.8, 4) is 5.75 Å². The van der Waals surface area contributed by atoms with Gasteiger partial charge in [-0.1, -0.05) is 22.8 Å². The van der Waals surface area contributed by atoms with Crippen LogP contribution in [0, 0.1) is 0 Å². The second-order valence-corrected chi connectivity index (χ2v) is 4.14. The molecule has 0 atom stereocenters. The maximum atomic E-state index is 6.04. The lowest BCUT2D eigenvalue weighted by Gasteiger charge is -2.06. The zero-order valence-corrected chi connectivity index (χ0v) is 10.8. The van der Waals surface area contributed by atoms with Crippen LogP contribution < -0.4 is 10.1 Å². The third kappa shape index (κ3) is 3.45. The van der Waals surface area contributed by atoms with E-state index in [2.05, 4.69) is 15.5 Å². The maximum absolute atomic E-state index is 6.04. The first kappa shape index (κ1) is 12.9. The predicted molar refractivity (Wildman–Crippen MR) is 67.7 cm³/mol. The molecule has 0 aliphatic heterocycles. The second kappa shape index (κ2) is 6.37. The van der Waals surface area contributed by atoms with E-state index in [0.29, 0.717) is 23.1 Å². The highest BCUT2D eigenvalue weighted by molar-refractivity contribution is 6.32. The van der Waals surface area contributed by atoms with Gasteiger partial charge in [0.25, 0.3) is 0 Å². The molecule has 0 saturated carbocycles. The summed E-state index contributed by atoms with van der Waals surface area (Å²) in [6.45, 7) is 1.50. The van der Waals surface area contributed by atoms with E-state index in [4.69, 9.17) is 20.9 Å². The topological polar surface area (TPSA) is 60.2 Å². The number of nitrogens with zero attached hydrogens (tertiary/aromatic N) is 2. The van der Waals surface area contributed by atoms with Crippen LogP contribution in [0.2, 0.25) is 5.02 Å². The first-order chi connectivity index (χ1) is 8.79. The first-order valence-electron chi connectivity index (χ1n) is 5.58. The minimum Gasteiger partial charge on any atom is -0.495 e. The van der Waals surface area contributed by atoms with Crippen LogP contribution in [0.4, 0.5) is 0 Å². The summed E-state index contributed by atoms with van der Waals surface area (Å²) in [4.78, 5) is 3.94. The molecule has 1 heterocycles. The summed E-state index contributed by atoms with van der Waals surface area (Å²) in [7, 11) is 1.60. The van der Waals surface area contributed by atoms with E-state index in [1.165, 1.54) is 6.33 Å². The lowest BCUT2D eigenvalue weighted by atomic mass is 10.2. The van der Waals surface area contributed by atoms with Gasteiger partial charge >= 0.3 is 0 Å². The second-order valence-electron chi connectivity index (χ2n) is 3.73. The molecule has 5 nitrogen and oxygen atoms in total. The molecule has 18 heavy (non-hydrogen) atoms. The zero-order chi connectivity index (χ0) is 12.8. The molecular formula is C12H14ClN3O2. The van der Waals surface area contributed by atoms with Gasteiger partial charge in [-0.3, -0.25) is 0 Å². The summed E-state index contributed by atoms with van der Waals surface area (Å²) in [5, 5.41) is 7.44. The monoisotopic (exact) mass is 267 g/mol. The third-order valence-corrected chi connectivity index (χ3v) is 2.76. The van der Waals surface area contributed by atoms with Gasteiger partial charge in [0.15, 0.2) is 6.33 Å². The SMILES string of the molecule is COc1ccc(CNCCc2ncno2)cc1Cl. The van der Waals surface area contributed by atoms with Crippen LogP contribution >= 0.6 is 11.6 Å². The summed E-state index contributed by atoms with van der Waals surface area (Å²) in [6, 6.07) is 5.72. The molecule has 0 bridgehead atoms. The van der Waals surface area contributed by atoms with E-state index in [1.54, 1.807) is 7.11 Å². The van der Waals surface area contributed by atoms with Gasteiger partial charge in [0.05, 0.1) is 12.1 Å². The number of nitrogens with one attached hydrogen (secondary N) is 1. The Hall–Kier alpha value is -1.59. The molecule has 0 spiro atoms. The quantitative estimate of drug-likeness (QED) is 0.812. The molecule has 0 aliphatic carbocycles. The molecule has 0 amide bonds. The van der Waals surface area contributed by atoms with Gasteiger partial charge in [-0.2, -0.15) is 4.98 Å². The molecule has 0 fully saturated rings. The maximum Gasteiger partial charge on any atom is 0.227 e. The number of methoxy groups -OCH3 is 1. The Kier molecular flexibility index (Phi) is 4.55. The molecule has 1 N–H and O–H groups in total. The van der Waals surface area contributed by atoms with Crippen molar-refractivity contribution in [2.75, 3.05) is 13.7 Å². The number of ether oxygens (including phenoxy) is 1. The van der Waals surface area contributed by atoms with Crippen molar-refractivity contribution < 1.29 is 9.26 Å². The van der Waals surface area contributed by atoms with Crippen LogP contribution in [-0.2, 0) is 13.0 Å². The fourth-order valence-corrected chi connectivity index (χ4v) is 1.83. The molecule has 1 aromatic carbocycles. The van der Waals surface area contributed by atoms with E-state index in [-0.39, 0.29) is 0 Å². The molecule has 0 radical (unpaired) electrons. The number of hydrogen-bond donors (Lipinski definition) is 1. The minimum absolute atomic E-state index is 0.619. The molecule has 1 aromatic heterocycles. The average molecular weight is 268 g/mol. The van der Waals surface area contributed by atoms with Crippen molar-refractivity contribution in [3.05, 3.63) is 41.0 Å². The summed E-state index contributed by atoms with van der Waals surface area (Å²) in [5.74, 6) is 1.32. The van der Waals surface area contributed by atoms with Crippen LogP contribution in [0.25, 0.3) is 0 Å². The molecule has 0 unspecified atom stereocenters. The van der Waals surface area contributed by atoms with E-state index in [0.717, 1.165) is 18.7 Å². The summed E-state index contributed by atoms with van der Waals surface area (Å²) in [5.41, 5.74) is 1.10. The Bertz CT molecular complexity index is 488. The molecule has 2 rings (SSSR count). The largest absolute Gasteiger partial charge is 0.495 e. The van der Waals surface area contributed by atoms with E-state index >= 15 is 0 Å². The standard InChI is InChI=1S/C12H14ClN3O2/c1-17-11-3-2-9(6-10(11)13)7-14-5-4-12-15-8-16-18-12/h2-3,6,8,14H,4-5,7H2,1H3. The lowest BCUT2D eigenvalue weighted by Crippen LogP contribution is -2.16. The van der Waals surface area contributed by atoms with Crippen LogP contribution in [-0.4, -0.2) is 23.8 Å². The number of hydrogen-bond acceptors (Lipinski definition) is 5. The van der Waals surface area contributed by atoms with Gasteiger partial charge in [-0.05, 0) is 17.7 Å². The van der Waals surface area contributed by atoms with Gasteiger partial charge in [0.2, 0.25) is 5.89 Å². The summed E-state index contributed by atoms with van der Waals surface area (Å²) >= 11 is 6.04. The highest BCUT2D eigenvalue weighted by Gasteiger charge is 2.02. The van der Waals surface area contributed by atoms with E-state index in [1.807, 2.05) is 18.2 Å². The van der Waals surface area contributed by atoms with Crippen LogP contribution in [0.1, 0.15) is 11.5 Å². The Morgan fingerprint density at radius 2 is 2.33 bits per heavy atom. The third-order valence-electron chi connectivity index (χ3n) is 2.47. The highest BCUT2D eigenvalue weighted by atomic mass is 35.5. The van der Waals surface area contributed by atoms with E-state index in [9.17, 15) is 0 Å². The van der Waals surface area contributed by atoms with Crippen molar-refractivity contribution in [1.82, 2.24) is 15.5 Å². The number of aromatic nitrogens is 2. The minimum atomic E-state index is 0.619. The number of halogens is 1. The smallest absolute Gasteiger partial charge is 0.227 e. The van der Waals surface area contributed by atoms with Crippen molar-refractivity contribution in [3.63, 3.8) is 0 Å². The normalized spacial score (nSPS) is 10.6. The van der Waals surface area contributed by atoms with Gasteiger partial charge in [0, 0.05) is 19.5 Å². The first-order valence-corrected chi connectivity index (χ1v) is 5.96. The Morgan fingerprint density at radius 1 is 1.44 bits per heavy atom. The Balaban J connectivity index is 1.78. The highest BCUT2D eigenvalue weighted by Crippen LogP contribution is 2.24. The number of benzene rings is 1. The van der Waals surface area contributed by atoms with Crippen molar-refractivity contribution >= 4 is 11.6 Å². The van der Waals surface area contributed by atoms with Crippen LogP contribution in [0.15, 0.2) is 29.0 Å². The van der Waals surface area contributed by atoms with E-state index < -0.39 is 0 Å². The molecule has 0 saturated heterocycles.